The Hall–Kier alpha value is -1.64. The Morgan fingerprint density at radius 3 is 2.68 bits per heavy atom. The molecule has 0 aliphatic carbocycles. The van der Waals surface area contributed by atoms with Gasteiger partial charge in [0.05, 0.1) is 15.2 Å². The Morgan fingerprint density at radius 2 is 1.79 bits per heavy atom. The minimum absolute atomic E-state index is 0.777. The minimum atomic E-state index is 0.777. The molecule has 0 saturated carbocycles. The van der Waals surface area contributed by atoms with Gasteiger partial charge in [-0.1, -0.05) is 35.9 Å². The highest BCUT2D eigenvalue weighted by Crippen LogP contribution is 2.35. The fourth-order valence-electron chi connectivity index (χ4n) is 2.61. The molecule has 92 valence electrons. The summed E-state index contributed by atoms with van der Waals surface area (Å²) in [5.74, 6) is 0. The standard InChI is InChI=1S/C16H10ClNS/c1-9-18-14-7-4-10-2-3-11-8-12(17)5-6-13(11)15(10)16(14)19-9/h2-8H,1H3. The predicted octanol–water partition coefficient (Wildman–Crippen LogP) is 5.56. The molecule has 0 N–H and O–H groups in total. The van der Waals surface area contributed by atoms with Crippen LogP contribution < -0.4 is 0 Å². The van der Waals surface area contributed by atoms with Crippen LogP contribution in [-0.4, -0.2) is 4.98 Å². The monoisotopic (exact) mass is 283 g/mol. The van der Waals surface area contributed by atoms with Gasteiger partial charge in [0, 0.05) is 10.4 Å². The zero-order chi connectivity index (χ0) is 13.0. The summed E-state index contributed by atoms with van der Waals surface area (Å²) in [5, 5.41) is 6.85. The van der Waals surface area contributed by atoms with Crippen molar-refractivity contribution < 1.29 is 0 Å². The first-order valence-corrected chi connectivity index (χ1v) is 7.30. The van der Waals surface area contributed by atoms with Crippen LogP contribution >= 0.6 is 22.9 Å². The Balaban J connectivity index is 2.32. The lowest BCUT2D eigenvalue weighted by Crippen LogP contribution is -1.79. The van der Waals surface area contributed by atoms with E-state index in [0.29, 0.717) is 0 Å². The lowest BCUT2D eigenvalue weighted by atomic mass is 10.0. The molecule has 0 fully saturated rings. The van der Waals surface area contributed by atoms with E-state index in [4.69, 9.17) is 11.6 Å². The van der Waals surface area contributed by atoms with Crippen molar-refractivity contribution >= 4 is 54.7 Å². The third kappa shape index (κ3) is 1.64. The largest absolute Gasteiger partial charge is 0.241 e. The molecule has 1 heterocycles. The smallest absolute Gasteiger partial charge is 0.0908 e. The van der Waals surface area contributed by atoms with Crippen LogP contribution in [0.5, 0.6) is 0 Å². The summed E-state index contributed by atoms with van der Waals surface area (Å²) < 4.78 is 1.27. The van der Waals surface area contributed by atoms with E-state index in [1.807, 2.05) is 12.1 Å². The highest BCUT2D eigenvalue weighted by Gasteiger charge is 2.08. The maximum absolute atomic E-state index is 6.08. The van der Waals surface area contributed by atoms with Crippen LogP contribution in [0.4, 0.5) is 0 Å². The summed E-state index contributed by atoms with van der Waals surface area (Å²) in [6, 6.07) is 14.6. The Morgan fingerprint density at radius 1 is 1.00 bits per heavy atom. The average Bonchev–Trinajstić information content (AvgIpc) is 2.78. The number of rotatable bonds is 0. The summed E-state index contributed by atoms with van der Waals surface area (Å²) in [4.78, 5) is 4.58. The molecular formula is C16H10ClNS. The second kappa shape index (κ2) is 3.92. The Kier molecular flexibility index (Phi) is 2.32. The van der Waals surface area contributed by atoms with Crippen LogP contribution in [0.1, 0.15) is 5.01 Å². The van der Waals surface area contributed by atoms with Gasteiger partial charge in [-0.3, -0.25) is 0 Å². The van der Waals surface area contributed by atoms with Crippen LogP contribution in [0.25, 0.3) is 31.8 Å². The summed E-state index contributed by atoms with van der Waals surface area (Å²) in [5.41, 5.74) is 1.08. The number of aromatic nitrogens is 1. The maximum Gasteiger partial charge on any atom is 0.0908 e. The molecule has 0 atom stereocenters. The van der Waals surface area contributed by atoms with E-state index in [1.54, 1.807) is 11.3 Å². The third-order valence-corrected chi connectivity index (χ3v) is 4.66. The highest BCUT2D eigenvalue weighted by molar-refractivity contribution is 7.19. The van der Waals surface area contributed by atoms with Crippen molar-refractivity contribution in [1.29, 1.82) is 0 Å². The summed E-state index contributed by atoms with van der Waals surface area (Å²) in [6.07, 6.45) is 0. The topological polar surface area (TPSA) is 12.9 Å². The first-order valence-electron chi connectivity index (χ1n) is 6.10. The minimum Gasteiger partial charge on any atom is -0.241 e. The number of aryl methyl sites for hydroxylation is 1. The molecule has 0 aliphatic rings. The van der Waals surface area contributed by atoms with Gasteiger partial charge in [-0.05, 0) is 41.3 Å². The number of nitrogens with zero attached hydrogens (tertiary/aromatic N) is 1. The molecule has 3 heteroatoms. The molecule has 1 nitrogen and oxygen atoms in total. The average molecular weight is 284 g/mol. The SMILES string of the molecule is Cc1nc2ccc3ccc4cc(Cl)ccc4c3c2s1. The van der Waals surface area contributed by atoms with Gasteiger partial charge >= 0.3 is 0 Å². The first kappa shape index (κ1) is 11.2. The number of hydrogen-bond acceptors (Lipinski definition) is 2. The summed E-state index contributed by atoms with van der Waals surface area (Å²) in [7, 11) is 0. The van der Waals surface area contributed by atoms with Crippen LogP contribution in [0.3, 0.4) is 0 Å². The molecule has 0 unspecified atom stereocenters. The van der Waals surface area contributed by atoms with Gasteiger partial charge in [-0.2, -0.15) is 0 Å². The summed E-state index contributed by atoms with van der Waals surface area (Å²) in [6.45, 7) is 2.05. The van der Waals surface area contributed by atoms with Crippen LogP contribution in [0.15, 0.2) is 42.5 Å². The van der Waals surface area contributed by atoms with E-state index < -0.39 is 0 Å². The van der Waals surface area contributed by atoms with Crippen molar-refractivity contribution in [1.82, 2.24) is 4.98 Å². The van der Waals surface area contributed by atoms with E-state index in [1.165, 1.54) is 26.2 Å². The third-order valence-electron chi connectivity index (χ3n) is 3.42. The number of thiazole rings is 1. The molecular weight excluding hydrogens is 274 g/mol. The molecule has 3 aromatic carbocycles. The number of benzene rings is 3. The van der Waals surface area contributed by atoms with E-state index in [-0.39, 0.29) is 0 Å². The zero-order valence-corrected chi connectivity index (χ0v) is 11.8. The second-order valence-corrected chi connectivity index (χ2v) is 6.32. The van der Waals surface area contributed by atoms with Crippen LogP contribution in [0, 0.1) is 6.92 Å². The summed E-state index contributed by atoms with van der Waals surface area (Å²) >= 11 is 7.84. The van der Waals surface area contributed by atoms with Gasteiger partial charge in [0.15, 0.2) is 0 Å². The van der Waals surface area contributed by atoms with Crippen molar-refractivity contribution in [3.63, 3.8) is 0 Å². The molecule has 4 rings (SSSR count). The van der Waals surface area contributed by atoms with Crippen molar-refractivity contribution in [2.75, 3.05) is 0 Å². The second-order valence-electron chi connectivity index (χ2n) is 4.68. The van der Waals surface area contributed by atoms with Crippen LogP contribution in [0.2, 0.25) is 5.02 Å². The van der Waals surface area contributed by atoms with Gasteiger partial charge in [0.25, 0.3) is 0 Å². The van der Waals surface area contributed by atoms with Gasteiger partial charge in [0.2, 0.25) is 0 Å². The van der Waals surface area contributed by atoms with Crippen molar-refractivity contribution in [2.24, 2.45) is 0 Å². The quantitative estimate of drug-likeness (QED) is 0.385. The molecule has 0 saturated heterocycles. The number of hydrogen-bond donors (Lipinski definition) is 0. The van der Waals surface area contributed by atoms with Gasteiger partial charge in [-0.15, -0.1) is 11.3 Å². The predicted molar refractivity (Wildman–Crippen MR) is 84.4 cm³/mol. The van der Waals surface area contributed by atoms with E-state index >= 15 is 0 Å². The molecule has 0 aliphatic heterocycles. The molecule has 19 heavy (non-hydrogen) atoms. The van der Waals surface area contributed by atoms with Crippen LogP contribution in [-0.2, 0) is 0 Å². The molecule has 0 spiro atoms. The lowest BCUT2D eigenvalue weighted by molar-refractivity contribution is 1.35. The molecule has 4 aromatic rings. The van der Waals surface area contributed by atoms with Crippen molar-refractivity contribution in [3.05, 3.63) is 52.5 Å². The van der Waals surface area contributed by atoms with Gasteiger partial charge in [0.1, 0.15) is 0 Å². The Labute approximate surface area is 119 Å². The fourth-order valence-corrected chi connectivity index (χ4v) is 3.78. The highest BCUT2D eigenvalue weighted by atomic mass is 35.5. The van der Waals surface area contributed by atoms with E-state index in [9.17, 15) is 0 Å². The van der Waals surface area contributed by atoms with Gasteiger partial charge in [-0.25, -0.2) is 4.98 Å². The molecule has 0 radical (unpaired) electrons. The van der Waals surface area contributed by atoms with Crippen molar-refractivity contribution in [2.45, 2.75) is 6.92 Å². The van der Waals surface area contributed by atoms with E-state index in [0.717, 1.165) is 15.5 Å². The maximum atomic E-state index is 6.08. The fraction of sp³-hybridized carbons (Fsp3) is 0.0625. The zero-order valence-electron chi connectivity index (χ0n) is 10.3. The molecule has 0 bridgehead atoms. The molecule has 0 amide bonds. The van der Waals surface area contributed by atoms with E-state index in [2.05, 4.69) is 42.2 Å². The normalized spacial score (nSPS) is 11.7. The van der Waals surface area contributed by atoms with Gasteiger partial charge < -0.3 is 0 Å². The first-order chi connectivity index (χ1) is 9.22. The number of fused-ring (bicyclic) bond motifs is 5. The lowest BCUT2D eigenvalue weighted by Gasteiger charge is -2.05. The van der Waals surface area contributed by atoms with Crippen molar-refractivity contribution in [3.8, 4) is 0 Å². The Bertz CT molecular complexity index is 940. The molecule has 1 aromatic heterocycles. The number of halogens is 1.